The van der Waals surface area contributed by atoms with E-state index in [1.54, 1.807) is 84.9 Å². The Morgan fingerprint density at radius 2 is 0.744 bits per heavy atom. The molecular formula is C36H24O6S. The van der Waals surface area contributed by atoms with Crippen molar-refractivity contribution in [2.75, 3.05) is 0 Å². The van der Waals surface area contributed by atoms with Crippen LogP contribution in [-0.4, -0.2) is 28.3 Å². The van der Waals surface area contributed by atoms with Gasteiger partial charge in [-0.1, -0.05) is 54.6 Å². The Hall–Kier alpha value is -5.37. The molecule has 0 aromatic heterocycles. The van der Waals surface area contributed by atoms with Crippen LogP contribution in [0.2, 0.25) is 0 Å². The van der Waals surface area contributed by atoms with E-state index in [4.69, 9.17) is 0 Å². The van der Waals surface area contributed by atoms with Crippen molar-refractivity contribution in [1.29, 1.82) is 0 Å². The second-order valence-electron chi connectivity index (χ2n) is 10.6. The molecule has 0 aliphatic rings. The van der Waals surface area contributed by atoms with Crippen LogP contribution in [0.5, 0.6) is 17.2 Å². The summed E-state index contributed by atoms with van der Waals surface area (Å²) in [5.41, 5.74) is 3.26. The first-order valence-electron chi connectivity index (χ1n) is 13.5. The van der Waals surface area contributed by atoms with Crippen LogP contribution in [0, 0.1) is 0 Å². The summed E-state index contributed by atoms with van der Waals surface area (Å²) in [7, 11) is -4.73. The highest BCUT2D eigenvalue weighted by molar-refractivity contribution is 7.86. The van der Waals surface area contributed by atoms with Crippen LogP contribution in [0.1, 0.15) is 0 Å². The van der Waals surface area contributed by atoms with Gasteiger partial charge in [-0.3, -0.25) is 4.55 Å². The van der Waals surface area contributed by atoms with Gasteiger partial charge < -0.3 is 15.3 Å². The monoisotopic (exact) mass is 584 g/mol. The summed E-state index contributed by atoms with van der Waals surface area (Å²) >= 11 is 0. The lowest BCUT2D eigenvalue weighted by Crippen LogP contribution is -2.05. The number of benzene rings is 7. The highest BCUT2D eigenvalue weighted by Gasteiger charge is 2.25. The van der Waals surface area contributed by atoms with E-state index >= 15 is 0 Å². The van der Waals surface area contributed by atoms with E-state index in [-0.39, 0.29) is 22.1 Å². The van der Waals surface area contributed by atoms with Crippen LogP contribution in [0.15, 0.2) is 126 Å². The van der Waals surface area contributed by atoms with E-state index in [1.807, 2.05) is 36.4 Å². The fraction of sp³-hybridized carbons (Fsp3) is 0. The smallest absolute Gasteiger partial charge is 0.295 e. The van der Waals surface area contributed by atoms with Crippen LogP contribution in [0.4, 0.5) is 0 Å². The molecular weight excluding hydrogens is 560 g/mol. The summed E-state index contributed by atoms with van der Waals surface area (Å²) in [4.78, 5) is -0.231. The van der Waals surface area contributed by atoms with Gasteiger partial charge >= 0.3 is 0 Å². The predicted molar refractivity (Wildman–Crippen MR) is 170 cm³/mol. The Balaban J connectivity index is 1.55. The van der Waals surface area contributed by atoms with Gasteiger partial charge in [0.25, 0.3) is 10.1 Å². The highest BCUT2D eigenvalue weighted by atomic mass is 32.2. The van der Waals surface area contributed by atoms with E-state index in [0.717, 1.165) is 37.9 Å². The maximum absolute atomic E-state index is 13.2. The van der Waals surface area contributed by atoms with Crippen molar-refractivity contribution in [1.82, 2.24) is 0 Å². The SMILES string of the molecule is O=S(=O)(O)c1c(-c2ccc3cc(O)ccc3c2)cc(-c2ccc3ccc(O)cc3c2)cc1-c1ccc2cc(O)ccc2c1. The molecule has 7 heteroatoms. The molecule has 210 valence electrons. The fourth-order valence-corrected chi connectivity index (χ4v) is 6.63. The molecule has 7 aromatic rings. The third kappa shape index (κ3) is 4.91. The van der Waals surface area contributed by atoms with Gasteiger partial charge in [0.1, 0.15) is 22.1 Å². The van der Waals surface area contributed by atoms with E-state index < -0.39 is 10.1 Å². The maximum atomic E-state index is 13.2. The molecule has 0 bridgehead atoms. The summed E-state index contributed by atoms with van der Waals surface area (Å²) in [5, 5.41) is 34.8. The number of fused-ring (bicyclic) bond motifs is 3. The second kappa shape index (κ2) is 9.87. The number of phenolic OH excluding ortho intramolecular Hbond substituents is 3. The summed E-state index contributed by atoms with van der Waals surface area (Å²) < 4.78 is 37.0. The van der Waals surface area contributed by atoms with Crippen molar-refractivity contribution >= 4 is 42.4 Å². The summed E-state index contributed by atoms with van der Waals surface area (Å²) in [6.45, 7) is 0. The molecule has 0 radical (unpaired) electrons. The molecule has 0 amide bonds. The Labute approximate surface area is 247 Å². The first-order chi connectivity index (χ1) is 20.6. The first kappa shape index (κ1) is 26.5. The van der Waals surface area contributed by atoms with Crippen molar-refractivity contribution in [2.24, 2.45) is 0 Å². The number of phenols is 3. The van der Waals surface area contributed by atoms with Gasteiger partial charge in [-0.05, 0) is 121 Å². The molecule has 4 N–H and O–H groups in total. The molecule has 0 fully saturated rings. The zero-order chi connectivity index (χ0) is 29.9. The predicted octanol–water partition coefficient (Wildman–Crippen LogP) is 8.51. The number of rotatable bonds is 4. The third-order valence-electron chi connectivity index (χ3n) is 7.77. The molecule has 0 aliphatic carbocycles. The Morgan fingerprint density at radius 3 is 1.26 bits per heavy atom. The summed E-state index contributed by atoms with van der Waals surface area (Å²) in [5.74, 6) is 0.377. The normalized spacial score (nSPS) is 11.8. The van der Waals surface area contributed by atoms with E-state index in [0.29, 0.717) is 27.8 Å². The number of hydrogen-bond donors (Lipinski definition) is 4. The van der Waals surface area contributed by atoms with Gasteiger partial charge in [0.2, 0.25) is 0 Å². The Kier molecular flexibility index (Phi) is 6.09. The van der Waals surface area contributed by atoms with Gasteiger partial charge in [-0.15, -0.1) is 0 Å². The topological polar surface area (TPSA) is 115 Å². The zero-order valence-corrected chi connectivity index (χ0v) is 23.4. The summed E-state index contributed by atoms with van der Waals surface area (Å²) in [6.07, 6.45) is 0. The molecule has 0 aliphatic heterocycles. The van der Waals surface area contributed by atoms with Crippen LogP contribution < -0.4 is 0 Å². The van der Waals surface area contributed by atoms with E-state index in [2.05, 4.69) is 0 Å². The minimum absolute atomic E-state index is 0.120. The lowest BCUT2D eigenvalue weighted by Gasteiger charge is -2.18. The molecule has 43 heavy (non-hydrogen) atoms. The van der Waals surface area contributed by atoms with E-state index in [9.17, 15) is 28.3 Å². The fourth-order valence-electron chi connectivity index (χ4n) is 5.72. The molecule has 0 saturated heterocycles. The molecule has 0 heterocycles. The van der Waals surface area contributed by atoms with Gasteiger partial charge in [-0.25, -0.2) is 0 Å². The zero-order valence-electron chi connectivity index (χ0n) is 22.6. The Morgan fingerprint density at radius 1 is 0.372 bits per heavy atom. The molecule has 0 atom stereocenters. The van der Waals surface area contributed by atoms with E-state index in [1.165, 1.54) is 0 Å². The molecule has 0 spiro atoms. The van der Waals surface area contributed by atoms with Gasteiger partial charge in [0.15, 0.2) is 0 Å². The van der Waals surface area contributed by atoms with Crippen molar-refractivity contribution in [2.45, 2.75) is 4.90 Å². The van der Waals surface area contributed by atoms with Crippen molar-refractivity contribution in [3.05, 3.63) is 121 Å². The quantitative estimate of drug-likeness (QED) is 0.154. The number of hydrogen-bond acceptors (Lipinski definition) is 5. The molecule has 0 unspecified atom stereocenters. The van der Waals surface area contributed by atoms with Gasteiger partial charge in [-0.2, -0.15) is 8.42 Å². The van der Waals surface area contributed by atoms with Crippen LogP contribution in [-0.2, 0) is 10.1 Å². The number of aromatic hydroxyl groups is 3. The lowest BCUT2D eigenvalue weighted by atomic mass is 9.91. The van der Waals surface area contributed by atoms with Crippen molar-refractivity contribution < 1.29 is 28.3 Å². The maximum Gasteiger partial charge on any atom is 0.295 e. The highest BCUT2D eigenvalue weighted by Crippen LogP contribution is 2.42. The first-order valence-corrected chi connectivity index (χ1v) is 14.9. The van der Waals surface area contributed by atoms with Crippen molar-refractivity contribution in [3.63, 3.8) is 0 Å². The van der Waals surface area contributed by atoms with Crippen LogP contribution >= 0.6 is 0 Å². The average molecular weight is 585 g/mol. The van der Waals surface area contributed by atoms with Gasteiger partial charge in [0.05, 0.1) is 0 Å². The minimum atomic E-state index is -4.73. The second-order valence-corrected chi connectivity index (χ2v) is 12.0. The lowest BCUT2D eigenvalue weighted by molar-refractivity contribution is 0.475. The molecule has 7 aromatic carbocycles. The molecule has 0 saturated carbocycles. The minimum Gasteiger partial charge on any atom is -0.508 e. The average Bonchev–Trinajstić information content (AvgIpc) is 2.99. The largest absolute Gasteiger partial charge is 0.508 e. The molecule has 6 nitrogen and oxygen atoms in total. The van der Waals surface area contributed by atoms with Crippen molar-refractivity contribution in [3.8, 4) is 50.6 Å². The third-order valence-corrected chi connectivity index (χ3v) is 8.73. The standard InChI is InChI=1S/C36H24O6S/c37-31-11-8-22-13-27(5-3-25(22)16-31)34-19-30(24-2-1-21-7-10-33(39)18-29(21)15-24)20-35(36(34)43(40,41)42)28-6-4-26-17-32(38)12-9-23(26)14-28/h1-20,37-39H,(H,40,41,42). The Bertz CT molecular complexity index is 2250. The van der Waals surface area contributed by atoms with Crippen LogP contribution in [0.25, 0.3) is 65.7 Å². The van der Waals surface area contributed by atoms with Gasteiger partial charge in [0, 0.05) is 11.1 Å². The molecule has 7 rings (SSSR count). The van der Waals surface area contributed by atoms with Crippen LogP contribution in [0.3, 0.4) is 0 Å². The summed E-state index contributed by atoms with van der Waals surface area (Å²) in [6, 6.07) is 35.1.